The fourth-order valence-corrected chi connectivity index (χ4v) is 4.92. The van der Waals surface area contributed by atoms with E-state index in [0.29, 0.717) is 11.4 Å². The highest BCUT2D eigenvalue weighted by Crippen LogP contribution is 2.50. The minimum atomic E-state index is -0.438. The number of fused-ring (bicyclic) bond motifs is 1. The first-order valence-electron chi connectivity index (χ1n) is 10.5. The molecule has 1 saturated heterocycles. The van der Waals surface area contributed by atoms with Gasteiger partial charge in [-0.15, -0.1) is 0 Å². The van der Waals surface area contributed by atoms with E-state index in [9.17, 15) is 9.59 Å². The zero-order valence-corrected chi connectivity index (χ0v) is 17.2. The maximum absolute atomic E-state index is 13.7. The molecule has 4 atom stereocenters. The van der Waals surface area contributed by atoms with Crippen molar-refractivity contribution in [2.24, 2.45) is 11.8 Å². The number of methoxy groups -OCH3 is 1. The Bertz CT molecular complexity index is 1050. The average Bonchev–Trinajstić information content (AvgIpc) is 3.10. The molecule has 0 N–H and O–H groups in total. The summed E-state index contributed by atoms with van der Waals surface area (Å²) in [6, 6.07) is 27.1. The lowest BCUT2D eigenvalue weighted by Gasteiger charge is -2.32. The van der Waals surface area contributed by atoms with Crippen molar-refractivity contribution in [3.63, 3.8) is 0 Å². The molecule has 0 saturated carbocycles. The monoisotopic (exact) mass is 409 g/mol. The van der Waals surface area contributed by atoms with Crippen molar-refractivity contribution in [3.8, 4) is 5.75 Å². The van der Waals surface area contributed by atoms with Crippen LogP contribution in [0.2, 0.25) is 0 Å². The number of carbonyl (C=O) groups is 2. The van der Waals surface area contributed by atoms with Crippen LogP contribution < -0.4 is 9.64 Å². The smallest absolute Gasteiger partial charge is 0.238 e. The number of carbonyl (C=O) groups excluding carboxylic acids is 2. The minimum absolute atomic E-state index is 0.133. The molecule has 4 heteroatoms. The molecule has 2 aliphatic rings. The molecule has 1 heterocycles. The summed E-state index contributed by atoms with van der Waals surface area (Å²) in [6.07, 6.45) is 4.22. The van der Waals surface area contributed by atoms with Crippen molar-refractivity contribution < 1.29 is 14.3 Å². The number of hydrogen-bond donors (Lipinski definition) is 0. The van der Waals surface area contributed by atoms with Crippen LogP contribution in [0.25, 0.3) is 0 Å². The summed E-state index contributed by atoms with van der Waals surface area (Å²) in [5, 5.41) is 0. The summed E-state index contributed by atoms with van der Waals surface area (Å²) < 4.78 is 5.23. The van der Waals surface area contributed by atoms with Gasteiger partial charge in [0.2, 0.25) is 11.8 Å². The molecule has 1 aliphatic heterocycles. The van der Waals surface area contributed by atoms with Gasteiger partial charge in [-0.2, -0.15) is 0 Å². The Kier molecular flexibility index (Phi) is 4.91. The summed E-state index contributed by atoms with van der Waals surface area (Å²) in [5.41, 5.74) is 2.69. The number of anilines is 1. The average molecular weight is 409 g/mol. The lowest BCUT2D eigenvalue weighted by molar-refractivity contribution is -0.122. The predicted molar refractivity (Wildman–Crippen MR) is 120 cm³/mol. The minimum Gasteiger partial charge on any atom is -0.497 e. The third-order valence-corrected chi connectivity index (χ3v) is 6.40. The van der Waals surface area contributed by atoms with Gasteiger partial charge in [-0.05, 0) is 35.4 Å². The van der Waals surface area contributed by atoms with Crippen molar-refractivity contribution in [1.82, 2.24) is 0 Å². The van der Waals surface area contributed by atoms with Gasteiger partial charge in [-0.1, -0.05) is 72.8 Å². The van der Waals surface area contributed by atoms with E-state index in [1.807, 2.05) is 60.7 Å². The first-order chi connectivity index (χ1) is 15.2. The number of nitrogens with zero attached hydrogens (tertiary/aromatic N) is 1. The van der Waals surface area contributed by atoms with Gasteiger partial charge in [0.1, 0.15) is 5.75 Å². The van der Waals surface area contributed by atoms with Gasteiger partial charge >= 0.3 is 0 Å². The second-order valence-corrected chi connectivity index (χ2v) is 8.02. The van der Waals surface area contributed by atoms with Crippen molar-refractivity contribution >= 4 is 17.5 Å². The van der Waals surface area contributed by atoms with E-state index in [2.05, 4.69) is 12.2 Å². The first-order valence-corrected chi connectivity index (χ1v) is 10.5. The van der Waals surface area contributed by atoms with E-state index in [1.165, 1.54) is 4.90 Å². The maximum atomic E-state index is 13.7. The summed E-state index contributed by atoms with van der Waals surface area (Å²) in [6.45, 7) is 0. The van der Waals surface area contributed by atoms with Crippen molar-refractivity contribution in [1.29, 1.82) is 0 Å². The van der Waals surface area contributed by atoms with Gasteiger partial charge < -0.3 is 4.74 Å². The number of ether oxygens (including phenoxy) is 1. The molecule has 0 aromatic heterocycles. The molecule has 4 nitrogen and oxygen atoms in total. The second-order valence-electron chi connectivity index (χ2n) is 8.02. The van der Waals surface area contributed by atoms with Crippen molar-refractivity contribution in [2.45, 2.75) is 11.8 Å². The highest BCUT2D eigenvalue weighted by molar-refractivity contribution is 6.23. The van der Waals surface area contributed by atoms with Crippen LogP contribution in [0.15, 0.2) is 97.1 Å². The third kappa shape index (κ3) is 3.25. The molecule has 0 spiro atoms. The van der Waals surface area contributed by atoms with Crippen LogP contribution in [0.1, 0.15) is 23.0 Å². The molecule has 3 aromatic rings. The van der Waals surface area contributed by atoms with E-state index < -0.39 is 11.8 Å². The van der Waals surface area contributed by atoms with Gasteiger partial charge in [0.15, 0.2) is 0 Å². The van der Waals surface area contributed by atoms with Crippen LogP contribution in [0.3, 0.4) is 0 Å². The zero-order valence-electron chi connectivity index (χ0n) is 17.2. The topological polar surface area (TPSA) is 46.6 Å². The fraction of sp³-hybridized carbons (Fsp3) is 0.185. The SMILES string of the molecule is COc1ccc(N2C(=O)C3C(c4ccccc4)C=CC(c4ccccc4)C3C2=O)cc1. The third-order valence-electron chi connectivity index (χ3n) is 6.40. The molecule has 2 amide bonds. The summed E-state index contributed by atoms with van der Waals surface area (Å²) in [7, 11) is 1.59. The molecule has 4 unspecified atom stereocenters. The predicted octanol–water partition coefficient (Wildman–Crippen LogP) is 4.94. The number of amides is 2. The molecule has 3 aromatic carbocycles. The van der Waals surface area contributed by atoms with Crippen LogP contribution >= 0.6 is 0 Å². The van der Waals surface area contributed by atoms with Crippen molar-refractivity contribution in [2.75, 3.05) is 12.0 Å². The molecule has 5 rings (SSSR count). The quantitative estimate of drug-likeness (QED) is 0.453. The zero-order chi connectivity index (χ0) is 21.4. The van der Waals surface area contributed by atoms with Gasteiger partial charge in [0.05, 0.1) is 24.6 Å². The summed E-state index contributed by atoms with van der Waals surface area (Å²) >= 11 is 0. The Morgan fingerprint density at radius 3 is 1.52 bits per heavy atom. The van der Waals surface area contributed by atoms with Crippen LogP contribution in [0, 0.1) is 11.8 Å². The number of allylic oxidation sites excluding steroid dienone is 2. The van der Waals surface area contributed by atoms with E-state index in [4.69, 9.17) is 4.74 Å². The van der Waals surface area contributed by atoms with E-state index >= 15 is 0 Å². The molecule has 154 valence electrons. The molecule has 31 heavy (non-hydrogen) atoms. The Morgan fingerprint density at radius 2 is 1.10 bits per heavy atom. The highest BCUT2D eigenvalue weighted by atomic mass is 16.5. The summed E-state index contributed by atoms with van der Waals surface area (Å²) in [4.78, 5) is 28.8. The lowest BCUT2D eigenvalue weighted by atomic mass is 9.68. The normalized spacial score (nSPS) is 24.9. The van der Waals surface area contributed by atoms with Gasteiger partial charge in [0, 0.05) is 11.8 Å². The van der Waals surface area contributed by atoms with Gasteiger partial charge in [-0.25, -0.2) is 4.90 Å². The van der Waals surface area contributed by atoms with Crippen LogP contribution in [0.4, 0.5) is 5.69 Å². The molecular formula is C27H23NO3. The Labute approximate surface area is 181 Å². The molecule has 1 aliphatic carbocycles. The largest absolute Gasteiger partial charge is 0.497 e. The highest BCUT2D eigenvalue weighted by Gasteiger charge is 2.55. The van der Waals surface area contributed by atoms with Crippen LogP contribution in [0.5, 0.6) is 5.75 Å². The molecule has 0 radical (unpaired) electrons. The maximum Gasteiger partial charge on any atom is 0.238 e. The Hall–Kier alpha value is -3.66. The fourth-order valence-electron chi connectivity index (χ4n) is 4.92. The second kappa shape index (κ2) is 7.88. The molecular weight excluding hydrogens is 386 g/mol. The van der Waals surface area contributed by atoms with Crippen LogP contribution in [-0.2, 0) is 9.59 Å². The number of hydrogen-bond acceptors (Lipinski definition) is 3. The van der Waals surface area contributed by atoms with E-state index in [1.54, 1.807) is 31.4 Å². The Morgan fingerprint density at radius 1 is 0.645 bits per heavy atom. The standard InChI is InChI=1S/C27H23NO3/c1-31-21-14-12-20(13-15-21)28-26(29)24-22(18-8-4-2-5-9-18)16-17-23(25(24)27(28)30)19-10-6-3-7-11-19/h2-17,22-25H,1H3. The lowest BCUT2D eigenvalue weighted by Crippen LogP contribution is -2.31. The molecule has 0 bridgehead atoms. The number of benzene rings is 3. The Balaban J connectivity index is 1.60. The van der Waals surface area contributed by atoms with Gasteiger partial charge in [-0.3, -0.25) is 9.59 Å². The van der Waals surface area contributed by atoms with Crippen molar-refractivity contribution in [3.05, 3.63) is 108 Å². The number of rotatable bonds is 4. The first kappa shape index (κ1) is 19.3. The van der Waals surface area contributed by atoms with E-state index in [0.717, 1.165) is 11.1 Å². The van der Waals surface area contributed by atoms with E-state index in [-0.39, 0.29) is 23.7 Å². The van der Waals surface area contributed by atoms with Crippen LogP contribution in [-0.4, -0.2) is 18.9 Å². The number of imide groups is 1. The summed E-state index contributed by atoms with van der Waals surface area (Å²) in [5.74, 6) is -0.735. The van der Waals surface area contributed by atoms with Gasteiger partial charge in [0.25, 0.3) is 0 Å². The molecule has 1 fully saturated rings.